The summed E-state index contributed by atoms with van der Waals surface area (Å²) in [6.07, 6.45) is 1.49. The molecule has 2 aromatic carbocycles. The fraction of sp³-hybridized carbons (Fsp3) is 0.391. The van der Waals surface area contributed by atoms with E-state index in [9.17, 15) is 9.59 Å². The zero-order chi connectivity index (χ0) is 21.8. The normalized spacial score (nSPS) is 17.5. The summed E-state index contributed by atoms with van der Waals surface area (Å²) >= 11 is 1.83. The molecule has 0 atom stereocenters. The maximum Gasteiger partial charge on any atom is 0.321 e. The number of ether oxygens (including phenoxy) is 2. The lowest BCUT2D eigenvalue weighted by Gasteiger charge is -2.44. The number of hydrogen-bond donors (Lipinski definition) is 1. The van der Waals surface area contributed by atoms with Gasteiger partial charge in [0.05, 0.1) is 24.8 Å². The lowest BCUT2D eigenvalue weighted by atomic mass is 10.0. The van der Waals surface area contributed by atoms with Crippen LogP contribution in [0.15, 0.2) is 48.5 Å². The molecule has 0 aliphatic carbocycles. The summed E-state index contributed by atoms with van der Waals surface area (Å²) in [5.74, 6) is 2.24. The van der Waals surface area contributed by atoms with Gasteiger partial charge in [-0.15, -0.1) is 11.8 Å². The van der Waals surface area contributed by atoms with Gasteiger partial charge in [-0.25, -0.2) is 4.79 Å². The van der Waals surface area contributed by atoms with Crippen molar-refractivity contribution in [3.63, 3.8) is 0 Å². The number of hydrogen-bond acceptors (Lipinski definition) is 5. The van der Waals surface area contributed by atoms with Crippen molar-refractivity contribution >= 4 is 29.4 Å². The molecule has 0 radical (unpaired) electrons. The lowest BCUT2D eigenvalue weighted by Crippen LogP contribution is -2.54. The van der Waals surface area contributed by atoms with Crippen molar-refractivity contribution in [3.8, 4) is 11.5 Å². The molecule has 0 saturated carbocycles. The predicted molar refractivity (Wildman–Crippen MR) is 122 cm³/mol. The van der Waals surface area contributed by atoms with E-state index in [0.717, 1.165) is 18.6 Å². The first-order valence-electron chi connectivity index (χ1n) is 10.4. The second-order valence-corrected chi connectivity index (χ2v) is 9.06. The van der Waals surface area contributed by atoms with E-state index in [-0.39, 0.29) is 16.8 Å². The Morgan fingerprint density at radius 3 is 2.52 bits per heavy atom. The second-order valence-electron chi connectivity index (χ2n) is 7.60. The van der Waals surface area contributed by atoms with Gasteiger partial charge in [0.15, 0.2) is 0 Å². The molecule has 4 rings (SSSR count). The van der Waals surface area contributed by atoms with E-state index in [4.69, 9.17) is 9.47 Å². The molecule has 1 N–H and O–H groups in total. The van der Waals surface area contributed by atoms with Gasteiger partial charge in [0.25, 0.3) is 5.91 Å². The zero-order valence-corrected chi connectivity index (χ0v) is 18.6. The highest BCUT2D eigenvalue weighted by atomic mass is 32.2. The Hall–Kier alpha value is -2.87. The van der Waals surface area contributed by atoms with E-state index in [1.54, 1.807) is 20.3 Å². The Bertz CT molecular complexity index is 959. The summed E-state index contributed by atoms with van der Waals surface area (Å²) in [4.78, 5) is 29.6. The van der Waals surface area contributed by atoms with Gasteiger partial charge in [-0.1, -0.05) is 18.2 Å². The minimum absolute atomic E-state index is 0.0239. The highest BCUT2D eigenvalue weighted by Crippen LogP contribution is 2.44. The van der Waals surface area contributed by atoms with Crippen LogP contribution in [0.2, 0.25) is 0 Å². The predicted octanol–water partition coefficient (Wildman–Crippen LogP) is 3.92. The van der Waals surface area contributed by atoms with Crippen LogP contribution >= 0.6 is 11.8 Å². The number of para-hydroxylation sites is 2. The van der Waals surface area contributed by atoms with Crippen molar-refractivity contribution in [2.75, 3.05) is 44.9 Å². The van der Waals surface area contributed by atoms with Crippen LogP contribution in [0.25, 0.3) is 0 Å². The molecule has 0 bridgehead atoms. The summed E-state index contributed by atoms with van der Waals surface area (Å²) in [5, 5.41) is 2.94. The zero-order valence-electron chi connectivity index (χ0n) is 17.8. The van der Waals surface area contributed by atoms with E-state index < -0.39 is 0 Å². The Morgan fingerprint density at radius 2 is 1.77 bits per heavy atom. The van der Waals surface area contributed by atoms with Crippen molar-refractivity contribution in [1.82, 2.24) is 9.80 Å². The number of carbonyl (C=O) groups excluding carboxylic acids is 2. The standard InChI is InChI=1S/C23H27N3O4S/c1-29-18-7-5-6-17(16-18)21(27)26-14-15-31-23(26)10-12-25(13-11-23)22(28)24-19-8-3-4-9-20(19)30-2/h3-9,16H,10-15H2,1-2H3,(H,24,28). The summed E-state index contributed by atoms with van der Waals surface area (Å²) < 4.78 is 10.6. The number of nitrogens with zero attached hydrogens (tertiary/aromatic N) is 2. The van der Waals surface area contributed by atoms with Gasteiger partial charge in [0.2, 0.25) is 0 Å². The number of piperidine rings is 1. The van der Waals surface area contributed by atoms with Crippen molar-refractivity contribution in [3.05, 3.63) is 54.1 Å². The third-order valence-electron chi connectivity index (χ3n) is 5.92. The molecule has 8 heteroatoms. The van der Waals surface area contributed by atoms with Gasteiger partial charge >= 0.3 is 6.03 Å². The highest BCUT2D eigenvalue weighted by Gasteiger charge is 2.47. The molecule has 2 saturated heterocycles. The topological polar surface area (TPSA) is 71.1 Å². The van der Waals surface area contributed by atoms with Crippen molar-refractivity contribution < 1.29 is 19.1 Å². The van der Waals surface area contributed by atoms with Crippen LogP contribution < -0.4 is 14.8 Å². The molecule has 1 spiro atoms. The molecule has 164 valence electrons. The Kier molecular flexibility index (Phi) is 6.27. The number of likely N-dealkylation sites (tertiary alicyclic amines) is 1. The van der Waals surface area contributed by atoms with Gasteiger partial charge < -0.3 is 24.6 Å². The maximum atomic E-state index is 13.3. The largest absolute Gasteiger partial charge is 0.497 e. The number of urea groups is 1. The highest BCUT2D eigenvalue weighted by molar-refractivity contribution is 8.00. The molecule has 31 heavy (non-hydrogen) atoms. The number of anilines is 1. The Morgan fingerprint density at radius 1 is 1.00 bits per heavy atom. The van der Waals surface area contributed by atoms with E-state index in [0.29, 0.717) is 42.4 Å². The molecule has 2 heterocycles. The van der Waals surface area contributed by atoms with Gasteiger partial charge in [-0.05, 0) is 43.2 Å². The van der Waals surface area contributed by atoms with Crippen molar-refractivity contribution in [2.24, 2.45) is 0 Å². The molecule has 3 amide bonds. The summed E-state index contributed by atoms with van der Waals surface area (Å²) in [5.41, 5.74) is 1.29. The first-order valence-corrected chi connectivity index (χ1v) is 11.3. The smallest absolute Gasteiger partial charge is 0.321 e. The van der Waals surface area contributed by atoms with E-state index in [1.165, 1.54) is 0 Å². The molecule has 0 unspecified atom stereocenters. The molecule has 2 aliphatic heterocycles. The number of nitrogens with one attached hydrogen (secondary N) is 1. The third kappa shape index (κ3) is 4.30. The lowest BCUT2D eigenvalue weighted by molar-refractivity contribution is 0.0585. The quantitative estimate of drug-likeness (QED) is 0.779. The van der Waals surface area contributed by atoms with Crippen LogP contribution in [0.4, 0.5) is 10.5 Å². The Balaban J connectivity index is 1.42. The van der Waals surface area contributed by atoms with Crippen LogP contribution in [0.1, 0.15) is 23.2 Å². The number of amides is 3. The summed E-state index contributed by atoms with van der Waals surface area (Å²) in [6.45, 7) is 1.90. The maximum absolute atomic E-state index is 13.3. The third-order valence-corrected chi connectivity index (χ3v) is 7.47. The molecule has 7 nitrogen and oxygen atoms in total. The fourth-order valence-corrected chi connectivity index (χ4v) is 5.68. The fourth-order valence-electron chi connectivity index (χ4n) is 4.22. The second kappa shape index (κ2) is 9.09. The SMILES string of the molecule is COc1cccc(C(=O)N2CCSC23CCN(C(=O)Nc2ccccc2OC)CC3)c1. The van der Waals surface area contributed by atoms with Gasteiger partial charge in [0, 0.05) is 31.0 Å². The number of benzene rings is 2. The van der Waals surface area contributed by atoms with Crippen LogP contribution in [-0.2, 0) is 0 Å². The average molecular weight is 442 g/mol. The average Bonchev–Trinajstić information content (AvgIpc) is 3.22. The molecule has 2 aromatic rings. The number of rotatable bonds is 4. The summed E-state index contributed by atoms with van der Waals surface area (Å²) in [7, 11) is 3.18. The molecule has 0 aromatic heterocycles. The van der Waals surface area contributed by atoms with Gasteiger partial charge in [-0.3, -0.25) is 4.79 Å². The number of thioether (sulfide) groups is 1. The van der Waals surface area contributed by atoms with Crippen LogP contribution in [0.3, 0.4) is 0 Å². The number of carbonyl (C=O) groups is 2. The minimum atomic E-state index is -0.263. The minimum Gasteiger partial charge on any atom is -0.497 e. The Labute approximate surface area is 186 Å². The summed E-state index contributed by atoms with van der Waals surface area (Å²) in [6, 6.07) is 14.5. The van der Waals surface area contributed by atoms with Gasteiger partial charge in [-0.2, -0.15) is 0 Å². The van der Waals surface area contributed by atoms with Crippen LogP contribution in [-0.4, -0.2) is 66.2 Å². The van der Waals surface area contributed by atoms with E-state index in [1.807, 2.05) is 64.0 Å². The first-order chi connectivity index (χ1) is 15.1. The van der Waals surface area contributed by atoms with Crippen molar-refractivity contribution in [1.29, 1.82) is 0 Å². The van der Waals surface area contributed by atoms with Gasteiger partial charge in [0.1, 0.15) is 11.5 Å². The monoisotopic (exact) mass is 441 g/mol. The molecule has 2 aliphatic rings. The first kappa shape index (κ1) is 21.4. The van der Waals surface area contributed by atoms with E-state index in [2.05, 4.69) is 5.32 Å². The van der Waals surface area contributed by atoms with Crippen molar-refractivity contribution in [2.45, 2.75) is 17.7 Å². The molecule has 2 fully saturated rings. The van der Waals surface area contributed by atoms with Crippen LogP contribution in [0, 0.1) is 0 Å². The molecular formula is C23H27N3O4S. The van der Waals surface area contributed by atoms with Crippen LogP contribution in [0.5, 0.6) is 11.5 Å². The number of methoxy groups -OCH3 is 2. The van der Waals surface area contributed by atoms with E-state index >= 15 is 0 Å². The molecular weight excluding hydrogens is 414 g/mol.